The second-order valence-electron chi connectivity index (χ2n) is 5.83. The summed E-state index contributed by atoms with van der Waals surface area (Å²) in [5.74, 6) is 0.836. The number of carbonyl (C=O) groups excluding carboxylic acids is 1. The van der Waals surface area contributed by atoms with Gasteiger partial charge in [0.25, 0.3) is 0 Å². The highest BCUT2D eigenvalue weighted by Gasteiger charge is 2.31. The lowest BCUT2D eigenvalue weighted by Gasteiger charge is -2.35. The van der Waals surface area contributed by atoms with E-state index in [0.29, 0.717) is 6.54 Å². The van der Waals surface area contributed by atoms with Gasteiger partial charge in [-0.15, -0.1) is 10.2 Å². The van der Waals surface area contributed by atoms with E-state index in [1.165, 1.54) is 0 Å². The van der Waals surface area contributed by atoms with Gasteiger partial charge < -0.3 is 10.2 Å². The molecular weight excluding hydrogens is 290 g/mol. The largest absolute Gasteiger partial charge is 0.338 e. The summed E-state index contributed by atoms with van der Waals surface area (Å²) in [6, 6.07) is 9.99. The van der Waals surface area contributed by atoms with Crippen molar-refractivity contribution in [3.8, 4) is 5.69 Å². The van der Waals surface area contributed by atoms with Crippen molar-refractivity contribution < 1.29 is 4.79 Å². The van der Waals surface area contributed by atoms with E-state index in [2.05, 4.69) is 22.4 Å². The van der Waals surface area contributed by atoms with Crippen LogP contribution in [0.3, 0.4) is 0 Å². The van der Waals surface area contributed by atoms with Gasteiger partial charge in [0, 0.05) is 18.8 Å². The smallest absolute Gasteiger partial charge is 0.318 e. The van der Waals surface area contributed by atoms with Crippen molar-refractivity contribution in [2.75, 3.05) is 13.1 Å². The van der Waals surface area contributed by atoms with E-state index < -0.39 is 0 Å². The molecule has 0 saturated carbocycles. The van der Waals surface area contributed by atoms with Crippen LogP contribution in [0.25, 0.3) is 5.69 Å². The molecule has 1 saturated heterocycles. The monoisotopic (exact) mass is 313 g/mol. The third kappa shape index (κ3) is 3.36. The lowest BCUT2D eigenvalue weighted by Crippen LogP contribution is -2.45. The number of benzene rings is 1. The molecule has 3 rings (SSSR count). The molecule has 1 aliphatic rings. The van der Waals surface area contributed by atoms with E-state index in [-0.39, 0.29) is 12.1 Å². The number of piperidine rings is 1. The number of urea groups is 1. The molecule has 1 aliphatic heterocycles. The molecule has 1 N–H and O–H groups in total. The normalized spacial score (nSPS) is 18.0. The van der Waals surface area contributed by atoms with Crippen LogP contribution in [0.5, 0.6) is 0 Å². The molecule has 2 heterocycles. The highest BCUT2D eigenvalue weighted by atomic mass is 16.2. The predicted octanol–water partition coefficient (Wildman–Crippen LogP) is 2.91. The summed E-state index contributed by atoms with van der Waals surface area (Å²) in [6.07, 6.45) is 5.72. The number of hydrogen-bond acceptors (Lipinski definition) is 3. The molecule has 1 atom stereocenters. The first-order valence-corrected chi connectivity index (χ1v) is 8.31. The fraction of sp³-hybridized carbons (Fsp3) is 0.471. The zero-order chi connectivity index (χ0) is 16.1. The molecule has 0 bridgehead atoms. The standard InChI is InChI=1S/C17H23N5O/c1-2-11-18-17(23)21-12-7-6-10-15(21)16-20-19-13-22(16)14-8-4-3-5-9-14/h3-5,8-9,13,15H,2,6-7,10-12H2,1H3,(H,18,23)/t15-/m0/s1. The average Bonchev–Trinajstić information content (AvgIpc) is 3.10. The fourth-order valence-corrected chi connectivity index (χ4v) is 3.04. The maximum absolute atomic E-state index is 12.5. The van der Waals surface area contributed by atoms with Gasteiger partial charge in [0.2, 0.25) is 0 Å². The predicted molar refractivity (Wildman–Crippen MR) is 88.3 cm³/mol. The van der Waals surface area contributed by atoms with E-state index >= 15 is 0 Å². The molecule has 1 aromatic carbocycles. The van der Waals surface area contributed by atoms with E-state index in [1.54, 1.807) is 6.33 Å². The van der Waals surface area contributed by atoms with Crippen LogP contribution in [0.15, 0.2) is 36.7 Å². The van der Waals surface area contributed by atoms with Crippen molar-refractivity contribution in [2.24, 2.45) is 0 Å². The van der Waals surface area contributed by atoms with Gasteiger partial charge >= 0.3 is 6.03 Å². The molecule has 0 spiro atoms. The maximum atomic E-state index is 12.5. The van der Waals surface area contributed by atoms with E-state index in [1.807, 2.05) is 39.8 Å². The molecule has 1 aromatic heterocycles. The number of aromatic nitrogens is 3. The van der Waals surface area contributed by atoms with Crippen molar-refractivity contribution in [2.45, 2.75) is 38.6 Å². The van der Waals surface area contributed by atoms with Crippen LogP contribution in [-0.2, 0) is 0 Å². The molecule has 2 amide bonds. The van der Waals surface area contributed by atoms with Crippen LogP contribution in [0, 0.1) is 0 Å². The molecular formula is C17H23N5O. The summed E-state index contributed by atoms with van der Waals surface area (Å²) in [4.78, 5) is 14.4. The molecule has 0 unspecified atom stereocenters. The van der Waals surface area contributed by atoms with Gasteiger partial charge in [0.1, 0.15) is 6.33 Å². The minimum atomic E-state index is -0.0247. The van der Waals surface area contributed by atoms with Crippen LogP contribution < -0.4 is 5.32 Å². The van der Waals surface area contributed by atoms with Crippen LogP contribution in [0.2, 0.25) is 0 Å². The van der Waals surface area contributed by atoms with Gasteiger partial charge in [-0.3, -0.25) is 4.57 Å². The Labute approximate surface area is 136 Å². The van der Waals surface area contributed by atoms with Crippen molar-refractivity contribution in [3.63, 3.8) is 0 Å². The highest BCUT2D eigenvalue weighted by molar-refractivity contribution is 5.74. The lowest BCUT2D eigenvalue weighted by molar-refractivity contribution is 0.147. The van der Waals surface area contributed by atoms with Gasteiger partial charge in [0.05, 0.1) is 6.04 Å². The number of amides is 2. The number of hydrogen-bond donors (Lipinski definition) is 1. The Balaban J connectivity index is 1.87. The molecule has 1 fully saturated rings. The van der Waals surface area contributed by atoms with Crippen molar-refractivity contribution >= 4 is 6.03 Å². The second kappa shape index (κ2) is 7.26. The van der Waals surface area contributed by atoms with Crippen LogP contribution in [-0.4, -0.2) is 38.8 Å². The Morgan fingerprint density at radius 3 is 2.91 bits per heavy atom. The number of nitrogens with zero attached hydrogens (tertiary/aromatic N) is 4. The molecule has 6 heteroatoms. The Kier molecular flexibility index (Phi) is 4.90. The van der Waals surface area contributed by atoms with E-state index in [0.717, 1.165) is 43.7 Å². The molecule has 0 aliphatic carbocycles. The summed E-state index contributed by atoms with van der Waals surface area (Å²) in [7, 11) is 0. The molecule has 2 aromatic rings. The van der Waals surface area contributed by atoms with Gasteiger partial charge in [0.15, 0.2) is 5.82 Å². The van der Waals surface area contributed by atoms with Crippen LogP contribution >= 0.6 is 0 Å². The summed E-state index contributed by atoms with van der Waals surface area (Å²) in [5.41, 5.74) is 1.02. The first-order valence-electron chi connectivity index (χ1n) is 8.31. The molecule has 23 heavy (non-hydrogen) atoms. The summed E-state index contributed by atoms with van der Waals surface area (Å²) in [5, 5.41) is 11.4. The quantitative estimate of drug-likeness (QED) is 0.944. The number of carbonyl (C=O) groups is 1. The van der Waals surface area contributed by atoms with Crippen LogP contribution in [0.1, 0.15) is 44.5 Å². The second-order valence-corrected chi connectivity index (χ2v) is 5.83. The Morgan fingerprint density at radius 2 is 2.13 bits per heavy atom. The molecule has 122 valence electrons. The number of para-hydroxylation sites is 1. The maximum Gasteiger partial charge on any atom is 0.318 e. The van der Waals surface area contributed by atoms with Crippen LogP contribution in [0.4, 0.5) is 4.79 Å². The van der Waals surface area contributed by atoms with Crippen molar-refractivity contribution in [1.82, 2.24) is 25.0 Å². The van der Waals surface area contributed by atoms with Gasteiger partial charge in [-0.25, -0.2) is 4.79 Å². The number of nitrogens with one attached hydrogen (secondary N) is 1. The summed E-state index contributed by atoms with van der Waals surface area (Å²) in [6.45, 7) is 3.52. The molecule has 6 nitrogen and oxygen atoms in total. The van der Waals surface area contributed by atoms with Crippen molar-refractivity contribution in [1.29, 1.82) is 0 Å². The minimum absolute atomic E-state index is 0.000776. The Hall–Kier alpha value is -2.37. The minimum Gasteiger partial charge on any atom is -0.338 e. The highest BCUT2D eigenvalue weighted by Crippen LogP contribution is 2.30. The third-order valence-corrected chi connectivity index (χ3v) is 4.20. The summed E-state index contributed by atoms with van der Waals surface area (Å²) >= 11 is 0. The zero-order valence-corrected chi connectivity index (χ0v) is 13.5. The number of likely N-dealkylation sites (tertiary alicyclic amines) is 1. The zero-order valence-electron chi connectivity index (χ0n) is 13.5. The Morgan fingerprint density at radius 1 is 1.30 bits per heavy atom. The van der Waals surface area contributed by atoms with E-state index in [9.17, 15) is 4.79 Å². The topological polar surface area (TPSA) is 63.1 Å². The Bertz CT molecular complexity index is 639. The average molecular weight is 313 g/mol. The van der Waals surface area contributed by atoms with E-state index in [4.69, 9.17) is 0 Å². The van der Waals surface area contributed by atoms with Crippen molar-refractivity contribution in [3.05, 3.63) is 42.5 Å². The first kappa shape index (κ1) is 15.5. The third-order valence-electron chi connectivity index (χ3n) is 4.20. The fourth-order valence-electron chi connectivity index (χ4n) is 3.04. The van der Waals surface area contributed by atoms with Gasteiger partial charge in [-0.05, 0) is 37.8 Å². The van der Waals surface area contributed by atoms with Gasteiger partial charge in [-0.2, -0.15) is 0 Å². The molecule has 0 radical (unpaired) electrons. The number of rotatable bonds is 4. The first-order chi connectivity index (χ1) is 11.3. The lowest BCUT2D eigenvalue weighted by atomic mass is 10.0. The van der Waals surface area contributed by atoms with Gasteiger partial charge in [-0.1, -0.05) is 25.1 Å². The summed E-state index contributed by atoms with van der Waals surface area (Å²) < 4.78 is 1.98. The SMILES string of the molecule is CCCNC(=O)N1CCCC[C@H]1c1nncn1-c1ccccc1.